The molecule has 0 spiro atoms. The van der Waals surface area contributed by atoms with Gasteiger partial charge in [-0.05, 0) is 0 Å². The molecule has 0 aliphatic rings. The monoisotopic (exact) mass is 104 g/mol. The van der Waals surface area contributed by atoms with Crippen LogP contribution in [0.4, 0.5) is 9.59 Å². The Kier molecular flexibility index (Phi) is 1.65. The van der Waals surface area contributed by atoms with Gasteiger partial charge in [0.15, 0.2) is 0 Å². The highest BCUT2D eigenvalue weighted by Gasteiger charge is 2.01. The molecule has 0 aliphatic heterocycles. The van der Waals surface area contributed by atoms with E-state index < -0.39 is 12.2 Å². The van der Waals surface area contributed by atoms with E-state index in [-0.39, 0.29) is 0 Å². The van der Waals surface area contributed by atoms with Gasteiger partial charge >= 0.3 is 12.2 Å². The standard InChI is InChI=1S/C2H2NO4/c4-1(5)3-2(6)7/h(H,4,5)(H,6,7). The minimum Gasteiger partial charge on any atom is -0.463 e. The number of nitrogens with zero attached hydrogens (tertiary/aromatic N) is 1. The molecule has 2 N–H and O–H groups in total. The van der Waals surface area contributed by atoms with Crippen LogP contribution >= 0.6 is 0 Å². The molecule has 0 heterocycles. The summed E-state index contributed by atoms with van der Waals surface area (Å²) in [5.41, 5.74) is 0. The van der Waals surface area contributed by atoms with Gasteiger partial charge in [0.25, 0.3) is 0 Å². The number of hydrogen-bond donors (Lipinski definition) is 2. The van der Waals surface area contributed by atoms with E-state index in [1.54, 1.807) is 0 Å². The van der Waals surface area contributed by atoms with Crippen molar-refractivity contribution in [2.45, 2.75) is 0 Å². The largest absolute Gasteiger partial charge is 0.463 e. The quantitative estimate of drug-likeness (QED) is 0.450. The molecule has 0 rings (SSSR count). The van der Waals surface area contributed by atoms with Gasteiger partial charge in [-0.25, -0.2) is 9.59 Å². The lowest BCUT2D eigenvalue weighted by molar-refractivity contribution is 0.173. The molecule has 0 aromatic rings. The zero-order valence-electron chi connectivity index (χ0n) is 3.16. The maximum absolute atomic E-state index is 9.26. The van der Waals surface area contributed by atoms with Gasteiger partial charge in [-0.1, -0.05) is 0 Å². The van der Waals surface area contributed by atoms with Crippen molar-refractivity contribution in [3.05, 3.63) is 0 Å². The van der Waals surface area contributed by atoms with Gasteiger partial charge in [0.2, 0.25) is 0 Å². The molecule has 0 saturated heterocycles. The molecule has 0 saturated carbocycles. The highest BCUT2D eigenvalue weighted by Crippen LogP contribution is 1.63. The molecule has 0 bridgehead atoms. The molecule has 0 aromatic heterocycles. The molecule has 0 unspecified atom stereocenters. The minimum atomic E-state index is -1.69. The summed E-state index contributed by atoms with van der Waals surface area (Å²) >= 11 is 0. The van der Waals surface area contributed by atoms with Crippen molar-refractivity contribution in [2.24, 2.45) is 0 Å². The normalized spacial score (nSPS) is 7.43. The van der Waals surface area contributed by atoms with Gasteiger partial charge in [0, 0.05) is 0 Å². The van der Waals surface area contributed by atoms with Crippen molar-refractivity contribution in [1.82, 2.24) is 5.32 Å². The second-order valence-corrected chi connectivity index (χ2v) is 0.677. The third-order valence-electron chi connectivity index (χ3n) is 0.191. The molecular formula is C2H2NO4. The van der Waals surface area contributed by atoms with Gasteiger partial charge in [0.05, 0.1) is 0 Å². The first kappa shape index (κ1) is 5.74. The maximum atomic E-state index is 9.26. The van der Waals surface area contributed by atoms with Gasteiger partial charge in [0.1, 0.15) is 0 Å². The Morgan fingerprint density at radius 1 is 1.14 bits per heavy atom. The van der Waals surface area contributed by atoms with Gasteiger partial charge in [-0.3, -0.25) is 0 Å². The zero-order chi connectivity index (χ0) is 5.86. The molecule has 39 valence electrons. The predicted molar refractivity (Wildman–Crippen MR) is 18.2 cm³/mol. The first-order valence-electron chi connectivity index (χ1n) is 1.30. The SMILES string of the molecule is O=C(O)[N]C(=O)O. The number of imide groups is 1. The number of carboxylic acid groups (broad SMARTS) is 2. The van der Waals surface area contributed by atoms with Crippen LogP contribution in [0.5, 0.6) is 0 Å². The van der Waals surface area contributed by atoms with Crippen molar-refractivity contribution in [3.63, 3.8) is 0 Å². The molecule has 5 nitrogen and oxygen atoms in total. The highest BCUT2D eigenvalue weighted by molar-refractivity contribution is 5.84. The van der Waals surface area contributed by atoms with Crippen LogP contribution in [0.2, 0.25) is 0 Å². The fourth-order valence-electron chi connectivity index (χ4n) is 0.0818. The molecule has 0 aromatic carbocycles. The summed E-state index contributed by atoms with van der Waals surface area (Å²) in [6.07, 6.45) is -3.37. The van der Waals surface area contributed by atoms with Crippen LogP contribution in [0.15, 0.2) is 0 Å². The molecule has 0 aliphatic carbocycles. The van der Waals surface area contributed by atoms with Crippen molar-refractivity contribution >= 4 is 12.2 Å². The van der Waals surface area contributed by atoms with E-state index in [0.29, 0.717) is 0 Å². The lowest BCUT2D eigenvalue weighted by Gasteiger charge is -1.80. The third kappa shape index (κ3) is 4.74. The Bertz CT molecular complexity index is 85.9. The summed E-state index contributed by atoms with van der Waals surface area (Å²) in [7, 11) is 0. The van der Waals surface area contributed by atoms with Gasteiger partial charge < -0.3 is 10.2 Å². The Morgan fingerprint density at radius 3 is 1.43 bits per heavy atom. The lowest BCUT2D eigenvalue weighted by Crippen LogP contribution is -2.17. The summed E-state index contributed by atoms with van der Waals surface area (Å²) in [6.45, 7) is 0. The van der Waals surface area contributed by atoms with Crippen LogP contribution in [0.1, 0.15) is 0 Å². The van der Waals surface area contributed by atoms with Crippen LogP contribution in [0.3, 0.4) is 0 Å². The Hall–Kier alpha value is -1.26. The van der Waals surface area contributed by atoms with Crippen LogP contribution in [0, 0.1) is 0 Å². The highest BCUT2D eigenvalue weighted by atomic mass is 16.4. The maximum Gasteiger partial charge on any atom is 0.437 e. The Labute approximate surface area is 38.6 Å². The predicted octanol–water partition coefficient (Wildman–Crippen LogP) is -0.0532. The molecule has 5 heteroatoms. The van der Waals surface area contributed by atoms with Crippen molar-refractivity contribution in [2.75, 3.05) is 0 Å². The van der Waals surface area contributed by atoms with E-state index >= 15 is 0 Å². The van der Waals surface area contributed by atoms with E-state index in [0.717, 1.165) is 0 Å². The summed E-state index contributed by atoms with van der Waals surface area (Å²) in [5.74, 6) is 0. The number of amides is 2. The second kappa shape index (κ2) is 2.01. The summed E-state index contributed by atoms with van der Waals surface area (Å²) in [4.78, 5) is 18.5. The fraction of sp³-hybridized carbons (Fsp3) is 0. The molecule has 0 fully saturated rings. The lowest BCUT2D eigenvalue weighted by atomic mass is 11.0. The first-order valence-corrected chi connectivity index (χ1v) is 1.30. The van der Waals surface area contributed by atoms with E-state index in [4.69, 9.17) is 10.2 Å². The molecule has 0 atom stereocenters. The summed E-state index contributed by atoms with van der Waals surface area (Å²) < 4.78 is 0. The zero-order valence-corrected chi connectivity index (χ0v) is 3.16. The first-order chi connectivity index (χ1) is 3.13. The average molecular weight is 104 g/mol. The summed E-state index contributed by atoms with van der Waals surface area (Å²) in [6, 6.07) is 0. The van der Waals surface area contributed by atoms with E-state index in [9.17, 15) is 9.59 Å². The average Bonchev–Trinajstić information content (AvgIpc) is 1.27. The van der Waals surface area contributed by atoms with Crippen LogP contribution < -0.4 is 5.32 Å². The third-order valence-corrected chi connectivity index (χ3v) is 0.191. The van der Waals surface area contributed by atoms with Crippen molar-refractivity contribution in [1.29, 1.82) is 0 Å². The molecule has 2 amide bonds. The fourth-order valence-corrected chi connectivity index (χ4v) is 0.0818. The van der Waals surface area contributed by atoms with Crippen LogP contribution in [-0.2, 0) is 0 Å². The van der Waals surface area contributed by atoms with Crippen molar-refractivity contribution < 1.29 is 19.8 Å². The number of hydrogen-bond acceptors (Lipinski definition) is 2. The Morgan fingerprint density at radius 2 is 1.43 bits per heavy atom. The van der Waals surface area contributed by atoms with Crippen molar-refractivity contribution in [3.8, 4) is 0 Å². The molecule has 1 radical (unpaired) electrons. The number of carbonyl (C=O) groups is 2. The molecule has 7 heavy (non-hydrogen) atoms. The van der Waals surface area contributed by atoms with Gasteiger partial charge in [-0.15, -0.1) is 5.32 Å². The van der Waals surface area contributed by atoms with Crippen LogP contribution in [-0.4, -0.2) is 22.4 Å². The van der Waals surface area contributed by atoms with Crippen LogP contribution in [0.25, 0.3) is 0 Å². The minimum absolute atomic E-state index is 1.69. The smallest absolute Gasteiger partial charge is 0.437 e. The van der Waals surface area contributed by atoms with E-state index in [1.807, 2.05) is 0 Å². The molecular weight excluding hydrogens is 102 g/mol. The number of rotatable bonds is 0. The van der Waals surface area contributed by atoms with E-state index in [2.05, 4.69) is 5.32 Å². The van der Waals surface area contributed by atoms with E-state index in [1.165, 1.54) is 0 Å². The summed E-state index contributed by atoms with van der Waals surface area (Å²) in [5, 5.41) is 17.2. The van der Waals surface area contributed by atoms with Gasteiger partial charge in [-0.2, -0.15) is 0 Å². The topological polar surface area (TPSA) is 88.7 Å². The Balaban J connectivity index is 3.32. The second-order valence-electron chi connectivity index (χ2n) is 0.677.